The van der Waals surface area contributed by atoms with Gasteiger partial charge in [-0.1, -0.05) is 24.8 Å². The largest absolute Gasteiger partial charge is 0.490 e. The molecule has 2 fully saturated rings. The maximum atomic E-state index is 5.49. The summed E-state index contributed by atoms with van der Waals surface area (Å²) in [6, 6.07) is 8.38. The highest BCUT2D eigenvalue weighted by atomic mass is 16.5. The van der Waals surface area contributed by atoms with Gasteiger partial charge in [-0.2, -0.15) is 0 Å². The summed E-state index contributed by atoms with van der Waals surface area (Å²) in [7, 11) is 0. The molecule has 0 atom stereocenters. The predicted octanol–water partition coefficient (Wildman–Crippen LogP) is 3.78. The fourth-order valence-corrected chi connectivity index (χ4v) is 3.01. The Balaban J connectivity index is 1.42. The Morgan fingerprint density at radius 2 is 1.80 bits per heavy atom. The van der Waals surface area contributed by atoms with Gasteiger partial charge >= 0.3 is 0 Å². The number of ether oxygens (including phenoxy) is 1. The van der Waals surface area contributed by atoms with Gasteiger partial charge in [-0.15, -0.1) is 0 Å². The smallest absolute Gasteiger partial charge is 0.119 e. The summed E-state index contributed by atoms with van der Waals surface area (Å²) in [5, 5.41) is 3.65. The molecule has 2 heteroatoms. The molecule has 0 heterocycles. The first kappa shape index (κ1) is 13.7. The molecular formula is C18H25NO. The van der Waals surface area contributed by atoms with Crippen molar-refractivity contribution in [3.63, 3.8) is 0 Å². The van der Waals surface area contributed by atoms with Gasteiger partial charge in [0.2, 0.25) is 0 Å². The van der Waals surface area contributed by atoms with Crippen LogP contribution in [0.3, 0.4) is 0 Å². The molecule has 1 aromatic carbocycles. The molecule has 0 amide bonds. The first-order valence-electron chi connectivity index (χ1n) is 7.90. The van der Waals surface area contributed by atoms with Crippen LogP contribution in [-0.4, -0.2) is 13.2 Å². The lowest BCUT2D eigenvalue weighted by atomic mass is 9.98. The second-order valence-corrected chi connectivity index (χ2v) is 6.21. The Morgan fingerprint density at radius 1 is 1.15 bits per heavy atom. The molecule has 2 nitrogen and oxygen atoms in total. The number of benzene rings is 1. The van der Waals surface area contributed by atoms with Crippen molar-refractivity contribution in [3.05, 3.63) is 42.5 Å². The van der Waals surface area contributed by atoms with Crippen LogP contribution in [0.4, 0.5) is 0 Å². The Labute approximate surface area is 122 Å². The molecule has 1 N–H and O–H groups in total. The maximum Gasteiger partial charge on any atom is 0.119 e. The number of nitrogens with one attached hydrogen (secondary N) is 1. The third-order valence-electron chi connectivity index (χ3n) is 4.46. The normalized spacial score (nSPS) is 18.2. The molecule has 2 aliphatic carbocycles. The summed E-state index contributed by atoms with van der Waals surface area (Å²) < 4.78 is 5.49. The second-order valence-electron chi connectivity index (χ2n) is 6.21. The lowest BCUT2D eigenvalue weighted by Gasteiger charge is -2.16. The Bertz CT molecular complexity index is 419. The molecule has 0 bridgehead atoms. The fraction of sp³-hybridized carbons (Fsp3) is 0.556. The molecule has 1 aromatic rings. The Kier molecular flexibility index (Phi) is 4.41. The summed E-state index contributed by atoms with van der Waals surface area (Å²) in [5.41, 5.74) is 1.33. The van der Waals surface area contributed by atoms with E-state index in [2.05, 4.69) is 24.0 Å². The van der Waals surface area contributed by atoms with Gasteiger partial charge in [-0.3, -0.25) is 0 Å². The van der Waals surface area contributed by atoms with Crippen LogP contribution in [0.5, 0.6) is 5.75 Å². The van der Waals surface area contributed by atoms with E-state index < -0.39 is 0 Å². The topological polar surface area (TPSA) is 21.3 Å². The molecule has 20 heavy (non-hydrogen) atoms. The fourth-order valence-electron chi connectivity index (χ4n) is 3.01. The van der Waals surface area contributed by atoms with Crippen LogP contribution >= 0.6 is 0 Å². The number of rotatable bonds is 9. The monoisotopic (exact) mass is 271 g/mol. The lowest BCUT2D eigenvalue weighted by Crippen LogP contribution is -2.25. The highest BCUT2D eigenvalue weighted by Gasteiger charge is 2.40. The van der Waals surface area contributed by atoms with Gasteiger partial charge in [-0.25, -0.2) is 0 Å². The average molecular weight is 271 g/mol. The lowest BCUT2D eigenvalue weighted by molar-refractivity contribution is 0.363. The summed E-state index contributed by atoms with van der Waals surface area (Å²) in [6.07, 6.45) is 7.65. The van der Waals surface area contributed by atoms with Crippen molar-refractivity contribution in [2.75, 3.05) is 13.2 Å². The van der Waals surface area contributed by atoms with Gasteiger partial charge in [0, 0.05) is 6.54 Å². The van der Waals surface area contributed by atoms with Crippen molar-refractivity contribution in [2.24, 2.45) is 17.8 Å². The zero-order valence-electron chi connectivity index (χ0n) is 12.2. The highest BCUT2D eigenvalue weighted by Crippen LogP contribution is 2.48. The molecule has 0 spiro atoms. The molecule has 0 aromatic heterocycles. The molecule has 2 saturated carbocycles. The minimum atomic E-state index is 0.571. The number of hydrogen-bond acceptors (Lipinski definition) is 2. The maximum absolute atomic E-state index is 5.49. The SMILES string of the molecule is C=CCOc1ccc(CNCC(C2CC2)C2CC2)cc1. The van der Waals surface area contributed by atoms with Crippen LogP contribution < -0.4 is 10.1 Å². The third kappa shape index (κ3) is 3.86. The zero-order valence-corrected chi connectivity index (χ0v) is 12.2. The van der Waals surface area contributed by atoms with E-state index in [-0.39, 0.29) is 0 Å². The van der Waals surface area contributed by atoms with Gasteiger partial charge in [0.25, 0.3) is 0 Å². The van der Waals surface area contributed by atoms with Gasteiger partial charge < -0.3 is 10.1 Å². The third-order valence-corrected chi connectivity index (χ3v) is 4.46. The standard InChI is InChI=1S/C18H25NO/c1-2-11-20-17-9-3-14(4-10-17)12-19-13-18(15-5-6-15)16-7-8-16/h2-4,9-10,15-16,18-19H,1,5-8,11-13H2. The average Bonchev–Trinajstić information content (AvgIpc) is 3.36. The molecule has 0 aliphatic heterocycles. The van der Waals surface area contributed by atoms with Crippen LogP contribution in [-0.2, 0) is 6.54 Å². The molecular weight excluding hydrogens is 246 g/mol. The Hall–Kier alpha value is -1.28. The summed E-state index contributed by atoms with van der Waals surface area (Å²) in [5.74, 6) is 3.93. The Morgan fingerprint density at radius 3 is 2.35 bits per heavy atom. The van der Waals surface area contributed by atoms with Crippen molar-refractivity contribution in [1.82, 2.24) is 5.32 Å². The van der Waals surface area contributed by atoms with Crippen LogP contribution in [0.25, 0.3) is 0 Å². The number of hydrogen-bond donors (Lipinski definition) is 1. The molecule has 2 aliphatic rings. The van der Waals surface area contributed by atoms with Gasteiger partial charge in [0.1, 0.15) is 12.4 Å². The van der Waals surface area contributed by atoms with E-state index in [0.717, 1.165) is 30.0 Å². The van der Waals surface area contributed by atoms with Crippen molar-refractivity contribution < 1.29 is 4.74 Å². The predicted molar refractivity (Wildman–Crippen MR) is 82.8 cm³/mol. The summed E-state index contributed by atoms with van der Waals surface area (Å²) in [4.78, 5) is 0. The van der Waals surface area contributed by atoms with E-state index in [0.29, 0.717) is 6.61 Å². The van der Waals surface area contributed by atoms with Crippen molar-refractivity contribution in [1.29, 1.82) is 0 Å². The quantitative estimate of drug-likeness (QED) is 0.690. The molecule has 0 unspecified atom stereocenters. The van der Waals surface area contributed by atoms with E-state index in [1.54, 1.807) is 6.08 Å². The summed E-state index contributed by atoms with van der Waals surface area (Å²) in [6.45, 7) is 6.39. The van der Waals surface area contributed by atoms with E-state index in [9.17, 15) is 0 Å². The van der Waals surface area contributed by atoms with Gasteiger partial charge in [-0.05, 0) is 67.7 Å². The zero-order chi connectivity index (χ0) is 13.8. The van der Waals surface area contributed by atoms with E-state index in [1.807, 2.05) is 12.1 Å². The van der Waals surface area contributed by atoms with Crippen molar-refractivity contribution >= 4 is 0 Å². The molecule has 0 saturated heterocycles. The minimum absolute atomic E-state index is 0.571. The highest BCUT2D eigenvalue weighted by molar-refractivity contribution is 5.27. The molecule has 108 valence electrons. The second kappa shape index (κ2) is 6.45. The van der Waals surface area contributed by atoms with Crippen LogP contribution in [0.1, 0.15) is 31.2 Å². The van der Waals surface area contributed by atoms with Gasteiger partial charge in [0.15, 0.2) is 0 Å². The van der Waals surface area contributed by atoms with Gasteiger partial charge in [0.05, 0.1) is 0 Å². The van der Waals surface area contributed by atoms with Crippen molar-refractivity contribution in [3.8, 4) is 5.75 Å². The van der Waals surface area contributed by atoms with Crippen LogP contribution in [0.2, 0.25) is 0 Å². The van der Waals surface area contributed by atoms with Crippen LogP contribution in [0.15, 0.2) is 36.9 Å². The van der Waals surface area contributed by atoms with E-state index in [4.69, 9.17) is 4.74 Å². The minimum Gasteiger partial charge on any atom is -0.490 e. The van der Waals surface area contributed by atoms with E-state index in [1.165, 1.54) is 37.8 Å². The first-order valence-corrected chi connectivity index (χ1v) is 7.90. The van der Waals surface area contributed by atoms with E-state index >= 15 is 0 Å². The van der Waals surface area contributed by atoms with Crippen molar-refractivity contribution in [2.45, 2.75) is 32.2 Å². The van der Waals surface area contributed by atoms with Crippen LogP contribution in [0, 0.1) is 17.8 Å². The summed E-state index contributed by atoms with van der Waals surface area (Å²) >= 11 is 0. The molecule has 0 radical (unpaired) electrons. The first-order chi connectivity index (χ1) is 9.86. The molecule has 3 rings (SSSR count).